The van der Waals surface area contributed by atoms with Crippen LogP contribution in [0.15, 0.2) is 82.2 Å². The number of nitrogens with one attached hydrogen (secondary N) is 1. The molecule has 0 atom stereocenters. The van der Waals surface area contributed by atoms with Crippen LogP contribution < -0.4 is 15.6 Å². The largest absolute Gasteiger partial charge is 0.487 e. The Morgan fingerprint density at radius 3 is 2.73 bits per heavy atom. The predicted molar refractivity (Wildman–Crippen MR) is 119 cm³/mol. The Balaban J connectivity index is 1.52. The van der Waals surface area contributed by atoms with Gasteiger partial charge in [-0.05, 0) is 58.7 Å². The van der Waals surface area contributed by atoms with Gasteiger partial charge in [0.2, 0.25) is 0 Å². The predicted octanol–water partition coefficient (Wildman–Crippen LogP) is 4.60. The number of benzene rings is 2. The molecule has 7 heteroatoms. The van der Waals surface area contributed by atoms with Crippen molar-refractivity contribution in [3.05, 3.63) is 105 Å². The summed E-state index contributed by atoms with van der Waals surface area (Å²) in [6.07, 6.45) is 1.68. The summed E-state index contributed by atoms with van der Waals surface area (Å²) in [6.45, 7) is 2.06. The number of aromatic nitrogens is 2. The van der Waals surface area contributed by atoms with Crippen molar-refractivity contribution in [3.63, 3.8) is 0 Å². The van der Waals surface area contributed by atoms with Crippen LogP contribution in [0.5, 0.6) is 5.75 Å². The fourth-order valence-corrected chi connectivity index (χ4v) is 3.47. The number of amides is 1. The normalized spacial score (nSPS) is 10.7. The quantitative estimate of drug-likeness (QED) is 0.469. The lowest BCUT2D eigenvalue weighted by Crippen LogP contribution is -2.16. The second-order valence-electron chi connectivity index (χ2n) is 6.72. The zero-order chi connectivity index (χ0) is 21.1. The third-order valence-corrected chi connectivity index (χ3v) is 5.26. The number of carbonyl (C=O) groups is 1. The summed E-state index contributed by atoms with van der Waals surface area (Å²) in [5, 5.41) is 2.88. The molecule has 0 saturated carbocycles. The van der Waals surface area contributed by atoms with E-state index in [9.17, 15) is 9.59 Å². The highest BCUT2D eigenvalue weighted by molar-refractivity contribution is 9.10. The zero-order valence-corrected chi connectivity index (χ0v) is 17.7. The Hall–Kier alpha value is -3.45. The van der Waals surface area contributed by atoms with Gasteiger partial charge in [0, 0.05) is 28.5 Å². The van der Waals surface area contributed by atoms with Gasteiger partial charge in [-0.15, -0.1) is 0 Å². The smallest absolute Gasteiger partial charge is 0.258 e. The molecule has 0 saturated heterocycles. The average Bonchev–Trinajstić information content (AvgIpc) is 2.74. The molecule has 2 aromatic heterocycles. The van der Waals surface area contributed by atoms with Crippen LogP contribution in [0.2, 0.25) is 0 Å². The number of pyridine rings is 1. The molecule has 0 fully saturated rings. The summed E-state index contributed by atoms with van der Waals surface area (Å²) in [5.41, 5.74) is 3.00. The summed E-state index contributed by atoms with van der Waals surface area (Å²) in [7, 11) is 0. The number of hydrogen-bond acceptors (Lipinski definition) is 4. The van der Waals surface area contributed by atoms with E-state index in [1.165, 1.54) is 10.5 Å². The minimum absolute atomic E-state index is 0.142. The molecule has 0 bridgehead atoms. The molecule has 0 aliphatic carbocycles. The molecule has 150 valence electrons. The lowest BCUT2D eigenvalue weighted by Gasteiger charge is -2.12. The van der Waals surface area contributed by atoms with E-state index in [1.807, 2.05) is 43.3 Å². The lowest BCUT2D eigenvalue weighted by molar-refractivity contribution is 0.102. The first kappa shape index (κ1) is 19.8. The van der Waals surface area contributed by atoms with Gasteiger partial charge in [-0.25, -0.2) is 4.98 Å². The van der Waals surface area contributed by atoms with E-state index >= 15 is 0 Å². The van der Waals surface area contributed by atoms with Crippen molar-refractivity contribution in [2.24, 2.45) is 0 Å². The Morgan fingerprint density at radius 2 is 1.90 bits per heavy atom. The van der Waals surface area contributed by atoms with E-state index in [1.54, 1.807) is 30.5 Å². The number of rotatable bonds is 5. The van der Waals surface area contributed by atoms with Crippen molar-refractivity contribution >= 4 is 33.2 Å². The van der Waals surface area contributed by atoms with E-state index in [-0.39, 0.29) is 18.1 Å². The van der Waals surface area contributed by atoms with E-state index in [4.69, 9.17) is 4.74 Å². The molecular weight excluding hydrogens is 446 g/mol. The summed E-state index contributed by atoms with van der Waals surface area (Å²) in [4.78, 5) is 29.2. The highest BCUT2D eigenvalue weighted by Crippen LogP contribution is 2.25. The number of nitrogens with zero attached hydrogens (tertiary/aromatic N) is 2. The van der Waals surface area contributed by atoms with Crippen LogP contribution in [-0.2, 0) is 6.61 Å². The summed E-state index contributed by atoms with van der Waals surface area (Å²) < 4.78 is 8.11. The molecule has 0 aliphatic heterocycles. The van der Waals surface area contributed by atoms with Gasteiger partial charge in [0.05, 0.1) is 11.3 Å². The van der Waals surface area contributed by atoms with Crippen molar-refractivity contribution < 1.29 is 9.53 Å². The van der Waals surface area contributed by atoms with Crippen LogP contribution in [0.3, 0.4) is 0 Å². The van der Waals surface area contributed by atoms with Gasteiger partial charge in [-0.3, -0.25) is 14.0 Å². The first-order chi connectivity index (χ1) is 14.5. The van der Waals surface area contributed by atoms with Crippen LogP contribution in [0.25, 0.3) is 5.65 Å². The molecule has 0 spiro atoms. The van der Waals surface area contributed by atoms with E-state index < -0.39 is 0 Å². The highest BCUT2D eigenvalue weighted by Gasteiger charge is 2.11. The van der Waals surface area contributed by atoms with Crippen LogP contribution in [0, 0.1) is 6.92 Å². The Bertz CT molecular complexity index is 1300. The van der Waals surface area contributed by atoms with E-state index in [0.29, 0.717) is 28.3 Å². The number of aryl methyl sites for hydroxylation is 1. The maximum atomic E-state index is 12.5. The molecule has 0 unspecified atom stereocenters. The average molecular weight is 464 g/mol. The fraction of sp³-hybridized carbons (Fsp3) is 0.0870. The van der Waals surface area contributed by atoms with Crippen LogP contribution >= 0.6 is 15.9 Å². The van der Waals surface area contributed by atoms with Crippen LogP contribution in [0.4, 0.5) is 5.69 Å². The van der Waals surface area contributed by atoms with Crippen molar-refractivity contribution in [1.82, 2.24) is 9.38 Å². The topological polar surface area (TPSA) is 72.7 Å². The first-order valence-electron chi connectivity index (χ1n) is 9.28. The molecular formula is C23H18BrN3O3. The van der Waals surface area contributed by atoms with Crippen molar-refractivity contribution in [2.45, 2.75) is 13.5 Å². The molecule has 4 aromatic rings. The molecule has 30 heavy (non-hydrogen) atoms. The minimum Gasteiger partial charge on any atom is -0.487 e. The zero-order valence-electron chi connectivity index (χ0n) is 16.1. The highest BCUT2D eigenvalue weighted by atomic mass is 79.9. The summed E-state index contributed by atoms with van der Waals surface area (Å²) in [6, 6.07) is 19.5. The molecule has 2 aromatic carbocycles. The third-order valence-electron chi connectivity index (χ3n) is 4.56. The van der Waals surface area contributed by atoms with Crippen molar-refractivity contribution in [2.75, 3.05) is 5.32 Å². The Morgan fingerprint density at radius 1 is 1.10 bits per heavy atom. The number of hydrogen-bond donors (Lipinski definition) is 1. The van der Waals surface area contributed by atoms with Crippen LogP contribution in [0.1, 0.15) is 21.6 Å². The second-order valence-corrected chi connectivity index (χ2v) is 7.57. The van der Waals surface area contributed by atoms with Gasteiger partial charge in [0.25, 0.3) is 11.5 Å². The van der Waals surface area contributed by atoms with Crippen molar-refractivity contribution in [1.29, 1.82) is 0 Å². The molecule has 0 aliphatic rings. The molecule has 1 amide bonds. The van der Waals surface area contributed by atoms with Gasteiger partial charge in [-0.2, -0.15) is 0 Å². The first-order valence-corrected chi connectivity index (χ1v) is 10.1. The molecule has 2 heterocycles. The number of fused-ring (bicyclic) bond motifs is 1. The minimum atomic E-state index is -0.221. The molecule has 0 radical (unpaired) electrons. The number of halogens is 1. The molecule has 1 N–H and O–H groups in total. The van der Waals surface area contributed by atoms with Gasteiger partial charge >= 0.3 is 0 Å². The van der Waals surface area contributed by atoms with Crippen LogP contribution in [-0.4, -0.2) is 15.3 Å². The van der Waals surface area contributed by atoms with Gasteiger partial charge in [-0.1, -0.05) is 24.3 Å². The molecule has 4 rings (SSSR count). The monoisotopic (exact) mass is 463 g/mol. The maximum Gasteiger partial charge on any atom is 0.258 e. The fourth-order valence-electron chi connectivity index (χ4n) is 3.01. The Labute approximate surface area is 181 Å². The second kappa shape index (κ2) is 8.51. The Kier molecular flexibility index (Phi) is 5.63. The van der Waals surface area contributed by atoms with E-state index in [2.05, 4.69) is 26.2 Å². The SMILES string of the molecule is Cc1ccc(NC(=O)c2ccccc2Br)cc1OCc1cc(=O)n2ccccc2n1. The third kappa shape index (κ3) is 4.26. The summed E-state index contributed by atoms with van der Waals surface area (Å²) in [5.74, 6) is 0.386. The lowest BCUT2D eigenvalue weighted by atomic mass is 10.1. The van der Waals surface area contributed by atoms with Crippen molar-refractivity contribution in [3.8, 4) is 5.75 Å². The van der Waals surface area contributed by atoms with E-state index in [0.717, 1.165) is 10.0 Å². The maximum absolute atomic E-state index is 12.5. The van der Waals surface area contributed by atoms with Gasteiger partial charge in [0.1, 0.15) is 18.0 Å². The van der Waals surface area contributed by atoms with Gasteiger partial charge in [0.15, 0.2) is 0 Å². The summed E-state index contributed by atoms with van der Waals surface area (Å²) >= 11 is 3.39. The number of anilines is 1. The molecule has 6 nitrogen and oxygen atoms in total. The van der Waals surface area contributed by atoms with Gasteiger partial charge < -0.3 is 10.1 Å². The number of ether oxygens (including phenoxy) is 1. The standard InChI is InChI=1S/C23H18BrN3O3/c1-15-9-10-16(26-23(29)18-6-2-3-7-19(18)24)12-20(15)30-14-17-13-22(28)27-11-5-4-8-21(27)25-17/h2-13H,14H2,1H3,(H,26,29). The number of carbonyl (C=O) groups excluding carboxylic acids is 1.